The molecule has 0 spiro atoms. The third-order valence-corrected chi connectivity index (χ3v) is 6.20. The van der Waals surface area contributed by atoms with Gasteiger partial charge in [-0.05, 0) is 29.6 Å². The molecular weight excluding hydrogens is 467 g/mol. The van der Waals surface area contributed by atoms with Gasteiger partial charge in [0.05, 0.1) is 23.4 Å². The number of hydrogen-bond acceptors (Lipinski definition) is 7. The first-order valence-corrected chi connectivity index (χ1v) is 11.1. The molecule has 0 bridgehead atoms. The number of methoxy groups -OCH3 is 1. The number of ether oxygens (including phenoxy) is 1. The number of hydrogen-bond donors (Lipinski definition) is 1. The second-order valence-electron chi connectivity index (χ2n) is 5.82. The van der Waals surface area contributed by atoms with E-state index in [1.807, 2.05) is 4.57 Å². The number of esters is 1. The van der Waals surface area contributed by atoms with Crippen molar-refractivity contribution in [1.82, 2.24) is 14.8 Å². The Morgan fingerprint density at radius 2 is 2.13 bits per heavy atom. The van der Waals surface area contributed by atoms with E-state index in [1.165, 1.54) is 30.2 Å². The number of nitrogens with one attached hydrogen (secondary N) is 1. The van der Waals surface area contributed by atoms with E-state index < -0.39 is 5.97 Å². The third-order valence-electron chi connectivity index (χ3n) is 3.86. The van der Waals surface area contributed by atoms with Crippen LogP contribution in [0.25, 0.3) is 11.4 Å². The molecule has 3 rings (SSSR count). The standard InChI is InChI=1S/C19H16Cl2N4O3S2/c1-3-7-25-16(12-5-4-11(20)9-14(12)21)23-24-19(25)30-10-15(26)22-17-13(6-8-29-17)18(27)28-2/h3-6,8-9H,1,7,10H2,2H3,(H,22,26). The van der Waals surface area contributed by atoms with Crippen LogP contribution >= 0.6 is 46.3 Å². The molecule has 1 amide bonds. The zero-order valence-corrected chi connectivity index (χ0v) is 18.9. The van der Waals surface area contributed by atoms with Gasteiger partial charge in [0.25, 0.3) is 0 Å². The zero-order valence-electron chi connectivity index (χ0n) is 15.7. The molecule has 0 saturated heterocycles. The van der Waals surface area contributed by atoms with E-state index in [2.05, 4.69) is 22.1 Å². The Hall–Kier alpha value is -2.33. The third kappa shape index (κ3) is 5.04. The SMILES string of the molecule is C=CCn1c(SCC(=O)Nc2sccc2C(=O)OC)nnc1-c1ccc(Cl)cc1Cl. The van der Waals surface area contributed by atoms with Gasteiger partial charge in [-0.1, -0.05) is 41.0 Å². The van der Waals surface area contributed by atoms with Crippen molar-refractivity contribution in [2.45, 2.75) is 11.7 Å². The number of halogens is 2. The second kappa shape index (κ2) is 10.1. The molecule has 1 aromatic carbocycles. The smallest absolute Gasteiger partial charge is 0.340 e. The summed E-state index contributed by atoms with van der Waals surface area (Å²) in [4.78, 5) is 24.1. The van der Waals surface area contributed by atoms with E-state index in [4.69, 9.17) is 27.9 Å². The number of anilines is 1. The number of nitrogens with zero attached hydrogens (tertiary/aromatic N) is 3. The molecule has 0 fully saturated rings. The van der Waals surface area contributed by atoms with Crippen LogP contribution < -0.4 is 5.32 Å². The summed E-state index contributed by atoms with van der Waals surface area (Å²) in [5.74, 6) is -0.172. The molecule has 156 valence electrons. The molecule has 30 heavy (non-hydrogen) atoms. The molecule has 3 aromatic rings. The van der Waals surface area contributed by atoms with Crippen molar-refractivity contribution in [3.63, 3.8) is 0 Å². The van der Waals surface area contributed by atoms with E-state index in [9.17, 15) is 9.59 Å². The Bertz CT molecular complexity index is 1100. The summed E-state index contributed by atoms with van der Waals surface area (Å²) < 4.78 is 6.52. The van der Waals surface area contributed by atoms with Crippen LogP contribution in [-0.4, -0.2) is 39.5 Å². The maximum Gasteiger partial charge on any atom is 0.340 e. The Labute approximate surface area is 191 Å². The minimum Gasteiger partial charge on any atom is -0.465 e. The van der Waals surface area contributed by atoms with Crippen LogP contribution in [0, 0.1) is 0 Å². The van der Waals surface area contributed by atoms with E-state index in [0.717, 1.165) is 0 Å². The highest BCUT2D eigenvalue weighted by Gasteiger charge is 2.19. The molecule has 0 atom stereocenters. The first-order chi connectivity index (χ1) is 14.4. The summed E-state index contributed by atoms with van der Waals surface area (Å²) in [5, 5.41) is 14.8. The van der Waals surface area contributed by atoms with Crippen LogP contribution in [0.1, 0.15) is 10.4 Å². The summed E-state index contributed by atoms with van der Waals surface area (Å²) in [5.41, 5.74) is 0.989. The number of rotatable bonds is 8. The number of thiophene rings is 1. The van der Waals surface area contributed by atoms with Gasteiger partial charge in [-0.2, -0.15) is 0 Å². The van der Waals surface area contributed by atoms with Gasteiger partial charge in [-0.25, -0.2) is 4.79 Å². The lowest BCUT2D eigenvalue weighted by atomic mass is 10.2. The van der Waals surface area contributed by atoms with Crippen molar-refractivity contribution in [3.8, 4) is 11.4 Å². The Balaban J connectivity index is 1.75. The fraction of sp³-hybridized carbons (Fsp3) is 0.158. The van der Waals surface area contributed by atoms with Gasteiger partial charge in [-0.3, -0.25) is 9.36 Å². The second-order valence-corrected chi connectivity index (χ2v) is 8.52. The number of aromatic nitrogens is 3. The lowest BCUT2D eigenvalue weighted by Crippen LogP contribution is -2.16. The maximum absolute atomic E-state index is 12.4. The van der Waals surface area contributed by atoms with E-state index in [1.54, 1.807) is 35.7 Å². The van der Waals surface area contributed by atoms with Gasteiger partial charge >= 0.3 is 5.97 Å². The molecular formula is C19H16Cl2N4O3S2. The van der Waals surface area contributed by atoms with Gasteiger partial charge in [0, 0.05) is 17.1 Å². The van der Waals surface area contributed by atoms with Crippen LogP contribution in [-0.2, 0) is 16.1 Å². The van der Waals surface area contributed by atoms with Crippen molar-refractivity contribution in [2.75, 3.05) is 18.2 Å². The fourth-order valence-electron chi connectivity index (χ4n) is 2.53. The predicted molar refractivity (Wildman–Crippen MR) is 121 cm³/mol. The van der Waals surface area contributed by atoms with Gasteiger partial charge in [0.1, 0.15) is 5.00 Å². The predicted octanol–water partition coefficient (Wildman–Crippen LogP) is 5.02. The fourth-order valence-corrected chi connectivity index (χ4v) is 4.56. The number of thioether (sulfide) groups is 1. The summed E-state index contributed by atoms with van der Waals surface area (Å²) in [6.07, 6.45) is 1.70. The van der Waals surface area contributed by atoms with E-state index >= 15 is 0 Å². The minimum absolute atomic E-state index is 0.0716. The van der Waals surface area contributed by atoms with Crippen LogP contribution in [0.15, 0.2) is 47.5 Å². The molecule has 7 nitrogen and oxygen atoms in total. The average molecular weight is 483 g/mol. The maximum atomic E-state index is 12.4. The lowest BCUT2D eigenvalue weighted by Gasteiger charge is -2.09. The van der Waals surface area contributed by atoms with Gasteiger partial charge in [-0.15, -0.1) is 28.1 Å². The highest BCUT2D eigenvalue weighted by molar-refractivity contribution is 7.99. The molecule has 0 aliphatic rings. The zero-order chi connectivity index (χ0) is 21.7. The highest BCUT2D eigenvalue weighted by Crippen LogP contribution is 2.31. The lowest BCUT2D eigenvalue weighted by molar-refractivity contribution is -0.113. The summed E-state index contributed by atoms with van der Waals surface area (Å²) in [7, 11) is 1.29. The summed E-state index contributed by atoms with van der Waals surface area (Å²) >= 11 is 14.7. The molecule has 0 unspecified atom stereocenters. The number of carbonyl (C=O) groups excluding carboxylic acids is 2. The van der Waals surface area contributed by atoms with Gasteiger partial charge in [0.2, 0.25) is 5.91 Å². The van der Waals surface area contributed by atoms with Crippen molar-refractivity contribution in [1.29, 1.82) is 0 Å². The largest absolute Gasteiger partial charge is 0.465 e. The number of carbonyl (C=O) groups is 2. The van der Waals surface area contributed by atoms with Crippen LogP contribution in [0.3, 0.4) is 0 Å². The topological polar surface area (TPSA) is 86.1 Å². The van der Waals surface area contributed by atoms with Crippen molar-refractivity contribution in [2.24, 2.45) is 0 Å². The molecule has 0 radical (unpaired) electrons. The molecule has 2 heterocycles. The monoisotopic (exact) mass is 482 g/mol. The average Bonchev–Trinajstić information content (AvgIpc) is 3.33. The quantitative estimate of drug-likeness (QED) is 0.275. The molecule has 0 saturated carbocycles. The number of amides is 1. The molecule has 1 N–H and O–H groups in total. The van der Waals surface area contributed by atoms with Gasteiger partial charge in [0.15, 0.2) is 11.0 Å². The van der Waals surface area contributed by atoms with Crippen molar-refractivity contribution in [3.05, 3.63) is 57.9 Å². The number of benzene rings is 1. The molecule has 2 aromatic heterocycles. The first kappa shape index (κ1) is 22.4. The van der Waals surface area contributed by atoms with Crippen LogP contribution in [0.2, 0.25) is 10.0 Å². The van der Waals surface area contributed by atoms with Gasteiger partial charge < -0.3 is 10.1 Å². The highest BCUT2D eigenvalue weighted by atomic mass is 35.5. The van der Waals surface area contributed by atoms with Crippen LogP contribution in [0.5, 0.6) is 0 Å². The van der Waals surface area contributed by atoms with Crippen molar-refractivity contribution < 1.29 is 14.3 Å². The molecule has 0 aliphatic carbocycles. The molecule has 0 aliphatic heterocycles. The van der Waals surface area contributed by atoms with E-state index in [0.29, 0.717) is 43.7 Å². The first-order valence-electron chi connectivity index (χ1n) is 8.52. The Kier molecular flexibility index (Phi) is 7.54. The summed E-state index contributed by atoms with van der Waals surface area (Å²) in [6.45, 7) is 4.20. The normalized spacial score (nSPS) is 10.6. The van der Waals surface area contributed by atoms with Crippen LogP contribution in [0.4, 0.5) is 5.00 Å². The molecule has 11 heteroatoms. The Morgan fingerprint density at radius 3 is 2.83 bits per heavy atom. The minimum atomic E-state index is -0.505. The van der Waals surface area contributed by atoms with E-state index in [-0.39, 0.29) is 11.7 Å². The number of allylic oxidation sites excluding steroid dienone is 1. The van der Waals surface area contributed by atoms with Crippen molar-refractivity contribution >= 4 is 63.2 Å². The Morgan fingerprint density at radius 1 is 1.33 bits per heavy atom. The summed E-state index contributed by atoms with van der Waals surface area (Å²) in [6, 6.07) is 6.71.